The fraction of sp³-hybridized carbons (Fsp3) is 0.625. The molecule has 2 heterocycles. The molecule has 2 aliphatic rings. The van der Waals surface area contributed by atoms with Crippen LogP contribution < -0.4 is 11.3 Å². The van der Waals surface area contributed by atoms with Gasteiger partial charge < -0.3 is 4.74 Å². The molecule has 2 fully saturated rings. The molecule has 0 aliphatic carbocycles. The van der Waals surface area contributed by atoms with Crippen LogP contribution in [0.5, 0.6) is 0 Å². The fourth-order valence-corrected chi connectivity index (χ4v) is 3.69. The van der Waals surface area contributed by atoms with Gasteiger partial charge in [0.25, 0.3) is 0 Å². The van der Waals surface area contributed by atoms with E-state index < -0.39 is 0 Å². The van der Waals surface area contributed by atoms with E-state index in [1.807, 2.05) is 0 Å². The number of nitrogens with two attached hydrogens (primary N) is 1. The van der Waals surface area contributed by atoms with E-state index in [0.717, 1.165) is 12.8 Å². The van der Waals surface area contributed by atoms with Gasteiger partial charge in [-0.3, -0.25) is 11.3 Å². The summed E-state index contributed by atoms with van der Waals surface area (Å²) in [6.45, 7) is 0. The zero-order chi connectivity index (χ0) is 13.1. The Labute approximate surface area is 115 Å². The van der Waals surface area contributed by atoms with Crippen LogP contribution in [0, 0.1) is 5.92 Å². The summed E-state index contributed by atoms with van der Waals surface area (Å²) in [6, 6.07) is 11.1. The van der Waals surface area contributed by atoms with E-state index in [1.165, 1.54) is 31.2 Å². The highest BCUT2D eigenvalue weighted by Crippen LogP contribution is 2.41. The van der Waals surface area contributed by atoms with Gasteiger partial charge in [-0.2, -0.15) is 0 Å². The summed E-state index contributed by atoms with van der Waals surface area (Å²) >= 11 is 0. The Kier molecular flexibility index (Phi) is 4.16. The monoisotopic (exact) mass is 260 g/mol. The minimum Gasteiger partial charge on any atom is -0.375 e. The second kappa shape index (κ2) is 6.04. The molecule has 0 saturated carbocycles. The van der Waals surface area contributed by atoms with Crippen molar-refractivity contribution in [3.8, 4) is 0 Å². The molecule has 2 bridgehead atoms. The second-order valence-electron chi connectivity index (χ2n) is 5.92. The number of fused-ring (bicyclic) bond motifs is 2. The topological polar surface area (TPSA) is 47.3 Å². The molecule has 0 spiro atoms. The summed E-state index contributed by atoms with van der Waals surface area (Å²) in [4.78, 5) is 0. The number of hydrogen-bond acceptors (Lipinski definition) is 3. The van der Waals surface area contributed by atoms with Crippen molar-refractivity contribution < 1.29 is 4.74 Å². The van der Waals surface area contributed by atoms with Crippen LogP contribution in [0.4, 0.5) is 0 Å². The first-order valence-corrected chi connectivity index (χ1v) is 7.52. The van der Waals surface area contributed by atoms with E-state index in [2.05, 4.69) is 35.8 Å². The normalized spacial score (nSPS) is 30.7. The minimum atomic E-state index is 0.416. The molecule has 3 heteroatoms. The molecule has 0 radical (unpaired) electrons. The quantitative estimate of drug-likeness (QED) is 0.610. The van der Waals surface area contributed by atoms with Crippen LogP contribution >= 0.6 is 0 Å². The van der Waals surface area contributed by atoms with Gasteiger partial charge in [-0.1, -0.05) is 30.3 Å². The molecular weight excluding hydrogens is 236 g/mol. The van der Waals surface area contributed by atoms with E-state index in [9.17, 15) is 0 Å². The van der Waals surface area contributed by atoms with Crippen LogP contribution in [-0.4, -0.2) is 18.2 Å². The van der Waals surface area contributed by atoms with Gasteiger partial charge in [0.05, 0.1) is 12.2 Å². The molecule has 3 nitrogen and oxygen atoms in total. The average Bonchev–Trinajstić information content (AvgIpc) is 3.07. The van der Waals surface area contributed by atoms with Crippen molar-refractivity contribution in [1.29, 1.82) is 0 Å². The molecule has 3 rings (SSSR count). The zero-order valence-corrected chi connectivity index (χ0v) is 11.4. The molecule has 2 aliphatic heterocycles. The number of hydrazine groups is 1. The van der Waals surface area contributed by atoms with Crippen molar-refractivity contribution in [2.75, 3.05) is 0 Å². The number of nitrogens with one attached hydrogen (secondary N) is 1. The molecule has 4 unspecified atom stereocenters. The number of aryl methyl sites for hydroxylation is 1. The average molecular weight is 260 g/mol. The first-order valence-electron chi connectivity index (χ1n) is 7.52. The van der Waals surface area contributed by atoms with E-state index in [4.69, 9.17) is 10.6 Å². The summed E-state index contributed by atoms with van der Waals surface area (Å²) in [5.74, 6) is 6.38. The highest BCUT2D eigenvalue weighted by Gasteiger charge is 2.43. The van der Waals surface area contributed by atoms with Gasteiger partial charge in [-0.15, -0.1) is 0 Å². The van der Waals surface area contributed by atoms with Crippen molar-refractivity contribution in [3.63, 3.8) is 0 Å². The fourth-order valence-electron chi connectivity index (χ4n) is 3.69. The summed E-state index contributed by atoms with van der Waals surface area (Å²) in [5.41, 5.74) is 4.45. The van der Waals surface area contributed by atoms with Crippen LogP contribution in [0.15, 0.2) is 30.3 Å². The Morgan fingerprint density at radius 3 is 2.74 bits per heavy atom. The number of hydrogen-bond donors (Lipinski definition) is 2. The Morgan fingerprint density at radius 1 is 1.26 bits per heavy atom. The summed E-state index contributed by atoms with van der Waals surface area (Å²) < 4.78 is 5.94. The molecule has 2 saturated heterocycles. The lowest BCUT2D eigenvalue weighted by Crippen LogP contribution is -2.44. The third-order valence-corrected chi connectivity index (χ3v) is 4.71. The molecule has 0 amide bonds. The molecule has 0 aromatic heterocycles. The van der Waals surface area contributed by atoms with E-state index in [1.54, 1.807) is 0 Å². The highest BCUT2D eigenvalue weighted by molar-refractivity contribution is 5.14. The molecule has 19 heavy (non-hydrogen) atoms. The van der Waals surface area contributed by atoms with Gasteiger partial charge in [0.15, 0.2) is 0 Å². The van der Waals surface area contributed by atoms with Gasteiger partial charge in [0, 0.05) is 12.0 Å². The van der Waals surface area contributed by atoms with E-state index in [0.29, 0.717) is 24.2 Å². The summed E-state index contributed by atoms with van der Waals surface area (Å²) in [6.07, 6.45) is 8.12. The Morgan fingerprint density at radius 2 is 2.11 bits per heavy atom. The highest BCUT2D eigenvalue weighted by atomic mass is 16.5. The summed E-state index contributed by atoms with van der Waals surface area (Å²) in [7, 11) is 0. The van der Waals surface area contributed by atoms with Crippen LogP contribution in [0.3, 0.4) is 0 Å². The van der Waals surface area contributed by atoms with Crippen molar-refractivity contribution in [1.82, 2.24) is 5.43 Å². The number of ether oxygens (including phenoxy) is 1. The Hall–Kier alpha value is -0.900. The molecule has 1 aromatic rings. The Bertz CT molecular complexity index is 395. The van der Waals surface area contributed by atoms with E-state index >= 15 is 0 Å². The first-order chi connectivity index (χ1) is 9.36. The van der Waals surface area contributed by atoms with Crippen LogP contribution in [0.2, 0.25) is 0 Å². The summed E-state index contributed by atoms with van der Waals surface area (Å²) in [5, 5.41) is 0. The van der Waals surface area contributed by atoms with Gasteiger partial charge in [0.2, 0.25) is 0 Å². The first kappa shape index (κ1) is 13.1. The molecule has 3 N–H and O–H groups in total. The lowest BCUT2D eigenvalue weighted by molar-refractivity contribution is 0.0848. The standard InChI is InChI=1S/C16H24N2O/c17-18-15(14-11-13-9-10-16(14)19-13)8-4-7-12-5-2-1-3-6-12/h1-3,5-6,13-16,18H,4,7-11,17H2. The predicted octanol–water partition coefficient (Wildman–Crippen LogP) is 2.41. The maximum atomic E-state index is 5.94. The van der Waals surface area contributed by atoms with Crippen molar-refractivity contribution >= 4 is 0 Å². The number of rotatable bonds is 6. The third kappa shape index (κ3) is 2.99. The van der Waals surface area contributed by atoms with E-state index in [-0.39, 0.29) is 0 Å². The largest absolute Gasteiger partial charge is 0.375 e. The van der Waals surface area contributed by atoms with Gasteiger partial charge in [-0.25, -0.2) is 0 Å². The smallest absolute Gasteiger partial charge is 0.0624 e. The molecule has 4 atom stereocenters. The predicted molar refractivity (Wildman–Crippen MR) is 76.5 cm³/mol. The van der Waals surface area contributed by atoms with Crippen molar-refractivity contribution in [2.45, 2.75) is 56.8 Å². The van der Waals surface area contributed by atoms with Gasteiger partial charge in [0.1, 0.15) is 0 Å². The SMILES string of the molecule is NNC(CCCc1ccccc1)C1CC2CCC1O2. The van der Waals surface area contributed by atoms with Crippen LogP contribution in [-0.2, 0) is 11.2 Å². The Balaban J connectivity index is 1.48. The lowest BCUT2D eigenvalue weighted by Gasteiger charge is -2.27. The van der Waals surface area contributed by atoms with Gasteiger partial charge in [-0.05, 0) is 44.1 Å². The molecule has 104 valence electrons. The number of benzene rings is 1. The van der Waals surface area contributed by atoms with Crippen molar-refractivity contribution in [2.24, 2.45) is 11.8 Å². The molecular formula is C16H24N2O. The third-order valence-electron chi connectivity index (χ3n) is 4.71. The maximum Gasteiger partial charge on any atom is 0.0624 e. The van der Waals surface area contributed by atoms with Crippen molar-refractivity contribution in [3.05, 3.63) is 35.9 Å². The zero-order valence-electron chi connectivity index (χ0n) is 11.4. The van der Waals surface area contributed by atoms with Gasteiger partial charge >= 0.3 is 0 Å². The van der Waals surface area contributed by atoms with Crippen LogP contribution in [0.1, 0.15) is 37.7 Å². The lowest BCUT2D eigenvalue weighted by atomic mass is 9.82. The minimum absolute atomic E-state index is 0.416. The maximum absolute atomic E-state index is 5.94. The second-order valence-corrected chi connectivity index (χ2v) is 5.92. The molecule has 1 aromatic carbocycles. The van der Waals surface area contributed by atoms with Crippen LogP contribution in [0.25, 0.3) is 0 Å².